The number of aromatic nitrogens is 3. The lowest BCUT2D eigenvalue weighted by Crippen LogP contribution is -2.49. The summed E-state index contributed by atoms with van der Waals surface area (Å²) in [6.07, 6.45) is 12.1. The number of morpholine rings is 1. The van der Waals surface area contributed by atoms with Gasteiger partial charge in [0.05, 0.1) is 67.6 Å². The zero-order valence-corrected chi connectivity index (χ0v) is 33.5. The number of carbonyl (C=O) groups is 2. The van der Waals surface area contributed by atoms with Crippen molar-refractivity contribution in [1.82, 2.24) is 24.0 Å². The van der Waals surface area contributed by atoms with Gasteiger partial charge in [0.25, 0.3) is 11.8 Å². The number of fused-ring (bicyclic) bond motifs is 7. The summed E-state index contributed by atoms with van der Waals surface area (Å²) < 4.78 is 31.8. The Bertz CT molecular complexity index is 2220. The molecule has 2 saturated heterocycles. The first-order valence-corrected chi connectivity index (χ1v) is 21.6. The van der Waals surface area contributed by atoms with E-state index in [1.165, 1.54) is 24.8 Å². The van der Waals surface area contributed by atoms with Gasteiger partial charge >= 0.3 is 0 Å². The third-order valence-corrected chi connectivity index (χ3v) is 13.8. The Labute approximate surface area is 326 Å². The highest BCUT2D eigenvalue weighted by Gasteiger charge is 2.44. The Kier molecular flexibility index (Phi) is 9.52. The zero-order valence-electron chi connectivity index (χ0n) is 32.7. The first-order chi connectivity index (χ1) is 26.6. The van der Waals surface area contributed by atoms with Crippen LogP contribution in [0.2, 0.25) is 0 Å². The number of amides is 2. The van der Waals surface area contributed by atoms with E-state index in [4.69, 9.17) is 14.6 Å². The highest BCUT2D eigenvalue weighted by Crippen LogP contribution is 2.49. The number of nitrogens with zero attached hydrogens (tertiary/aromatic N) is 4. The van der Waals surface area contributed by atoms with E-state index in [1.807, 2.05) is 32.0 Å². The molecule has 55 heavy (non-hydrogen) atoms. The topological polar surface area (TPSA) is 108 Å². The third-order valence-electron chi connectivity index (χ3n) is 12.5. The van der Waals surface area contributed by atoms with Crippen molar-refractivity contribution < 1.29 is 23.3 Å². The van der Waals surface area contributed by atoms with Crippen molar-refractivity contribution in [3.8, 4) is 17.0 Å². The van der Waals surface area contributed by atoms with Gasteiger partial charge in [0.1, 0.15) is 16.7 Å². The lowest BCUT2D eigenvalue weighted by molar-refractivity contribution is -0.00725. The molecule has 2 bridgehead atoms. The Morgan fingerprint density at radius 1 is 0.909 bits per heavy atom. The number of nitrogens with one attached hydrogen (secondary N) is 1. The molecule has 2 amide bonds. The fourth-order valence-corrected chi connectivity index (χ4v) is 10.2. The van der Waals surface area contributed by atoms with Crippen LogP contribution in [-0.4, -0.2) is 72.9 Å². The second-order valence-electron chi connectivity index (χ2n) is 16.9. The van der Waals surface area contributed by atoms with Gasteiger partial charge < -0.3 is 18.9 Å². The number of rotatable bonds is 9. The largest absolute Gasteiger partial charge is 0.497 e. The molecule has 4 fully saturated rings. The monoisotopic (exact) mass is 763 g/mol. The van der Waals surface area contributed by atoms with E-state index >= 15 is 4.79 Å². The predicted octanol–water partition coefficient (Wildman–Crippen LogP) is 8.38. The molecule has 3 aliphatic heterocycles. The lowest BCUT2D eigenvalue weighted by atomic mass is 9.81. The number of carbonyl (C=O) groups excluding carboxylic acids is 2. The van der Waals surface area contributed by atoms with Crippen LogP contribution < -0.4 is 9.46 Å². The van der Waals surface area contributed by atoms with Gasteiger partial charge in [-0.2, -0.15) is 5.10 Å². The predicted molar refractivity (Wildman–Crippen MR) is 217 cm³/mol. The van der Waals surface area contributed by atoms with Gasteiger partial charge in [-0.25, -0.2) is 4.21 Å². The van der Waals surface area contributed by atoms with E-state index in [0.29, 0.717) is 31.2 Å². The van der Waals surface area contributed by atoms with E-state index in [-0.39, 0.29) is 41.1 Å². The molecule has 0 spiro atoms. The fraction of sp³-hybridized carbons (Fsp3) is 0.523. The van der Waals surface area contributed by atoms with Crippen LogP contribution in [-0.2, 0) is 22.3 Å². The number of hydrogen-bond acceptors (Lipinski definition) is 6. The molecule has 4 aromatic rings. The number of benzene rings is 2. The average molecular weight is 764 g/mol. The van der Waals surface area contributed by atoms with Crippen LogP contribution in [0.15, 0.2) is 36.4 Å². The number of methoxy groups -OCH3 is 1. The highest BCUT2D eigenvalue weighted by atomic mass is 32.2. The molecule has 2 aromatic heterocycles. The normalized spacial score (nSPS) is 21.7. The second-order valence-corrected chi connectivity index (χ2v) is 18.6. The van der Waals surface area contributed by atoms with Crippen LogP contribution in [0.1, 0.15) is 147 Å². The van der Waals surface area contributed by atoms with Gasteiger partial charge in [-0.15, -0.1) is 0 Å². The molecular formula is C44H53N5O5S. The second kappa shape index (κ2) is 14.4. The summed E-state index contributed by atoms with van der Waals surface area (Å²) in [5.74, 6) is 0.911. The summed E-state index contributed by atoms with van der Waals surface area (Å²) in [4.78, 5) is 30.9. The Morgan fingerprint density at radius 2 is 1.64 bits per heavy atom. The van der Waals surface area contributed by atoms with Gasteiger partial charge in [0.15, 0.2) is 0 Å². The molecule has 10 nitrogen and oxygen atoms in total. The average Bonchev–Trinajstić information content (AvgIpc) is 3.85. The third kappa shape index (κ3) is 6.35. The standard InChI is InChI=1S/C44H53N5O5S/c1-25(2)40-39(44(51)48-32-14-15-33(48)24-54-23-32)41(49(45-40)31-12-13-31)30-19-29-20-34(53-5)16-18-35(29)42-38(27-9-7-6-8-10-27)36-17-11-28(21-37(36)47(42)22-30)43(50)46-55(52)26(3)4/h11,16-21,25-27,31-33H,6-10,12-15,22-24H2,1-5H3,(H,46,50). The maximum absolute atomic E-state index is 15.2. The van der Waals surface area contributed by atoms with E-state index < -0.39 is 11.0 Å². The van der Waals surface area contributed by atoms with Crippen LogP contribution >= 0.6 is 0 Å². The van der Waals surface area contributed by atoms with Crippen molar-refractivity contribution in [2.24, 2.45) is 0 Å². The van der Waals surface area contributed by atoms with Crippen LogP contribution in [0, 0.1) is 0 Å². The van der Waals surface area contributed by atoms with Crippen molar-refractivity contribution >= 4 is 45.4 Å². The summed E-state index contributed by atoms with van der Waals surface area (Å²) in [5, 5.41) is 6.25. The summed E-state index contributed by atoms with van der Waals surface area (Å²) in [6, 6.07) is 12.7. The number of hydrogen-bond donors (Lipinski definition) is 1. The quantitative estimate of drug-likeness (QED) is 0.184. The highest BCUT2D eigenvalue weighted by molar-refractivity contribution is 7.84. The minimum atomic E-state index is -1.50. The molecule has 3 unspecified atom stereocenters. The Hall–Kier alpha value is -4.22. The molecule has 9 rings (SSSR count). The van der Waals surface area contributed by atoms with Crippen molar-refractivity contribution in [3.05, 3.63) is 70.0 Å². The van der Waals surface area contributed by atoms with Crippen LogP contribution in [0.4, 0.5) is 0 Å². The van der Waals surface area contributed by atoms with Crippen molar-refractivity contribution in [2.45, 2.75) is 127 Å². The summed E-state index contributed by atoms with van der Waals surface area (Å²) in [7, 11) is 0.208. The van der Waals surface area contributed by atoms with Gasteiger partial charge in [0, 0.05) is 27.3 Å². The van der Waals surface area contributed by atoms with Gasteiger partial charge in [-0.1, -0.05) is 39.2 Å². The van der Waals surface area contributed by atoms with Gasteiger partial charge in [0.2, 0.25) is 0 Å². The zero-order chi connectivity index (χ0) is 38.1. The van der Waals surface area contributed by atoms with Crippen molar-refractivity contribution in [2.75, 3.05) is 20.3 Å². The van der Waals surface area contributed by atoms with Crippen LogP contribution in [0.3, 0.4) is 0 Å². The molecule has 3 atom stereocenters. The molecule has 290 valence electrons. The minimum absolute atomic E-state index is 0.0495. The smallest absolute Gasteiger partial charge is 0.263 e. The maximum atomic E-state index is 15.2. The maximum Gasteiger partial charge on any atom is 0.263 e. The molecule has 2 aromatic carbocycles. The number of ether oxygens (including phenoxy) is 2. The summed E-state index contributed by atoms with van der Waals surface area (Å²) in [6.45, 7) is 9.59. The van der Waals surface area contributed by atoms with Crippen LogP contribution in [0.25, 0.3) is 33.8 Å². The van der Waals surface area contributed by atoms with Crippen molar-refractivity contribution in [3.63, 3.8) is 0 Å². The molecule has 11 heteroatoms. The molecule has 2 aliphatic carbocycles. The van der Waals surface area contributed by atoms with Crippen molar-refractivity contribution in [1.29, 1.82) is 0 Å². The number of allylic oxidation sites excluding steroid dienone is 1. The first kappa shape index (κ1) is 36.4. The lowest BCUT2D eigenvalue weighted by Gasteiger charge is -2.35. The fourth-order valence-electron chi connectivity index (χ4n) is 9.64. The summed E-state index contributed by atoms with van der Waals surface area (Å²) in [5.41, 5.74) is 9.59. The Balaban J connectivity index is 1.29. The van der Waals surface area contributed by atoms with E-state index in [2.05, 4.69) is 57.0 Å². The van der Waals surface area contributed by atoms with Gasteiger partial charge in [-0.05, 0) is 117 Å². The molecule has 5 aliphatic rings. The minimum Gasteiger partial charge on any atom is -0.497 e. The molecule has 5 heterocycles. The van der Waals surface area contributed by atoms with E-state index in [1.54, 1.807) is 7.11 Å². The Morgan fingerprint density at radius 3 is 2.31 bits per heavy atom. The molecular weight excluding hydrogens is 711 g/mol. The van der Waals surface area contributed by atoms with E-state index in [0.717, 1.165) is 94.5 Å². The SMILES string of the molecule is COc1ccc2c(c1)C=C(c1c(C(=O)N3C4CCC3COC4)c(C(C)C)nn1C1CC1)Cn1c-2c(C2CCCCC2)c2ccc(C(=O)NS(=O)C(C)C)cc21. The summed E-state index contributed by atoms with van der Waals surface area (Å²) >= 11 is 0. The molecule has 2 saturated carbocycles. The van der Waals surface area contributed by atoms with Gasteiger partial charge in [-0.3, -0.25) is 19.0 Å². The van der Waals surface area contributed by atoms with E-state index in [9.17, 15) is 9.00 Å². The van der Waals surface area contributed by atoms with Crippen LogP contribution in [0.5, 0.6) is 5.75 Å². The first-order valence-electron chi connectivity index (χ1n) is 20.4. The molecule has 0 radical (unpaired) electrons. The molecule has 1 N–H and O–H groups in total.